The maximum Gasteiger partial charge on any atom is 0.227 e. The standard InChI is InChI=1S/C28H48N8O/c1-2-37-19-7-3-6-16-35-17-14-23(15-18-35)31-26-25-27(36(20-30-25)24-8-4-5-9-24)34-28(33-26)32-22-12-10-21(29)11-13-22/h20-24H,2-19,29H2,1H3,(H2,31,32,33,34). The number of ether oxygens (including phenoxy) is 1. The van der Waals surface area contributed by atoms with Crippen molar-refractivity contribution >= 4 is 22.9 Å². The maximum absolute atomic E-state index is 6.14. The molecular formula is C28H48N8O. The van der Waals surface area contributed by atoms with E-state index in [4.69, 9.17) is 25.4 Å². The molecule has 4 N–H and O–H groups in total. The van der Waals surface area contributed by atoms with E-state index in [1.54, 1.807) is 0 Å². The summed E-state index contributed by atoms with van der Waals surface area (Å²) in [6.07, 6.45) is 17.3. The Morgan fingerprint density at radius 2 is 1.68 bits per heavy atom. The lowest BCUT2D eigenvalue weighted by Crippen LogP contribution is -2.39. The van der Waals surface area contributed by atoms with Gasteiger partial charge in [0.25, 0.3) is 0 Å². The highest BCUT2D eigenvalue weighted by Gasteiger charge is 2.26. The van der Waals surface area contributed by atoms with E-state index < -0.39 is 0 Å². The van der Waals surface area contributed by atoms with Gasteiger partial charge in [-0.2, -0.15) is 9.97 Å². The van der Waals surface area contributed by atoms with Gasteiger partial charge in [-0.15, -0.1) is 0 Å². The molecule has 2 saturated carbocycles. The van der Waals surface area contributed by atoms with Crippen molar-refractivity contribution in [3.8, 4) is 0 Å². The largest absolute Gasteiger partial charge is 0.382 e. The fraction of sp³-hybridized carbons (Fsp3) is 0.821. The van der Waals surface area contributed by atoms with Gasteiger partial charge in [0.1, 0.15) is 0 Å². The molecule has 2 aromatic rings. The molecule has 0 unspecified atom stereocenters. The van der Waals surface area contributed by atoms with E-state index in [9.17, 15) is 0 Å². The number of aromatic nitrogens is 4. The summed E-state index contributed by atoms with van der Waals surface area (Å²) in [5.74, 6) is 1.63. The summed E-state index contributed by atoms with van der Waals surface area (Å²) in [4.78, 5) is 17.4. The Balaban J connectivity index is 1.23. The average molecular weight is 513 g/mol. The molecule has 5 rings (SSSR count). The number of anilines is 2. The van der Waals surface area contributed by atoms with Crippen molar-refractivity contribution < 1.29 is 4.74 Å². The lowest BCUT2D eigenvalue weighted by Gasteiger charge is -2.32. The molecule has 3 aliphatic rings. The number of likely N-dealkylation sites (tertiary alicyclic amines) is 1. The van der Waals surface area contributed by atoms with Crippen LogP contribution < -0.4 is 16.4 Å². The second-order valence-electron chi connectivity index (χ2n) is 11.4. The molecule has 2 aromatic heterocycles. The predicted octanol–water partition coefficient (Wildman–Crippen LogP) is 4.71. The Morgan fingerprint density at radius 1 is 0.919 bits per heavy atom. The lowest BCUT2D eigenvalue weighted by molar-refractivity contribution is 0.141. The number of piperidine rings is 1. The molecule has 37 heavy (non-hydrogen) atoms. The van der Waals surface area contributed by atoms with Crippen LogP contribution in [0.1, 0.15) is 96.4 Å². The first-order valence-corrected chi connectivity index (χ1v) is 15.0. The topological polar surface area (TPSA) is 106 Å². The number of unbranched alkanes of at least 4 members (excludes halogenated alkanes) is 2. The Hall–Kier alpha value is -1.97. The first-order valence-electron chi connectivity index (χ1n) is 15.0. The van der Waals surface area contributed by atoms with Crippen molar-refractivity contribution in [2.75, 3.05) is 43.5 Å². The molecule has 1 aliphatic heterocycles. The van der Waals surface area contributed by atoms with Crippen LogP contribution in [0.25, 0.3) is 11.2 Å². The fourth-order valence-electron chi connectivity index (χ4n) is 6.33. The highest BCUT2D eigenvalue weighted by molar-refractivity contribution is 5.84. The molecule has 9 nitrogen and oxygen atoms in total. The summed E-state index contributed by atoms with van der Waals surface area (Å²) in [6.45, 7) is 7.27. The number of nitrogens with zero attached hydrogens (tertiary/aromatic N) is 5. The smallest absolute Gasteiger partial charge is 0.227 e. The van der Waals surface area contributed by atoms with Crippen molar-refractivity contribution in [1.29, 1.82) is 0 Å². The predicted molar refractivity (Wildman–Crippen MR) is 150 cm³/mol. The van der Waals surface area contributed by atoms with Gasteiger partial charge >= 0.3 is 0 Å². The van der Waals surface area contributed by atoms with Crippen molar-refractivity contribution in [2.24, 2.45) is 5.73 Å². The average Bonchev–Trinajstić information content (AvgIpc) is 3.59. The number of rotatable bonds is 12. The van der Waals surface area contributed by atoms with Crippen LogP contribution in [0.5, 0.6) is 0 Å². The van der Waals surface area contributed by atoms with Crippen LogP contribution in [0.4, 0.5) is 11.8 Å². The lowest BCUT2D eigenvalue weighted by atomic mass is 9.92. The normalized spacial score (nSPS) is 24.2. The molecule has 0 amide bonds. The molecule has 0 radical (unpaired) electrons. The highest BCUT2D eigenvalue weighted by Crippen LogP contribution is 2.34. The number of hydrogen-bond acceptors (Lipinski definition) is 8. The highest BCUT2D eigenvalue weighted by atomic mass is 16.5. The van der Waals surface area contributed by atoms with Crippen LogP contribution in [0, 0.1) is 0 Å². The van der Waals surface area contributed by atoms with Gasteiger partial charge < -0.3 is 30.6 Å². The van der Waals surface area contributed by atoms with Gasteiger partial charge in [-0.05, 0) is 84.1 Å². The number of imidazole rings is 1. The molecule has 1 saturated heterocycles. The van der Waals surface area contributed by atoms with Crippen LogP contribution in [0.15, 0.2) is 6.33 Å². The van der Waals surface area contributed by atoms with Gasteiger partial charge in [-0.1, -0.05) is 12.8 Å². The van der Waals surface area contributed by atoms with E-state index in [1.807, 2.05) is 6.33 Å². The Labute approximate surface area is 222 Å². The summed E-state index contributed by atoms with van der Waals surface area (Å²) < 4.78 is 7.77. The summed E-state index contributed by atoms with van der Waals surface area (Å²) in [5, 5.41) is 7.44. The zero-order chi connectivity index (χ0) is 25.5. The van der Waals surface area contributed by atoms with Crippen LogP contribution in [0.2, 0.25) is 0 Å². The van der Waals surface area contributed by atoms with Gasteiger partial charge in [0.2, 0.25) is 5.95 Å². The Kier molecular flexibility index (Phi) is 9.50. The van der Waals surface area contributed by atoms with E-state index in [0.29, 0.717) is 24.2 Å². The zero-order valence-electron chi connectivity index (χ0n) is 22.8. The van der Waals surface area contributed by atoms with E-state index in [2.05, 4.69) is 27.0 Å². The molecule has 3 fully saturated rings. The van der Waals surface area contributed by atoms with E-state index in [1.165, 1.54) is 51.5 Å². The summed E-state index contributed by atoms with van der Waals surface area (Å²) >= 11 is 0. The molecule has 3 heterocycles. The molecule has 206 valence electrons. The van der Waals surface area contributed by atoms with Crippen molar-refractivity contribution in [2.45, 2.75) is 115 Å². The van der Waals surface area contributed by atoms with Crippen molar-refractivity contribution in [1.82, 2.24) is 24.4 Å². The minimum absolute atomic E-state index is 0.336. The third-order valence-electron chi connectivity index (χ3n) is 8.64. The van der Waals surface area contributed by atoms with Crippen LogP contribution in [-0.4, -0.2) is 75.4 Å². The number of hydrogen-bond donors (Lipinski definition) is 3. The Bertz CT molecular complexity index is 958. The molecule has 0 atom stereocenters. The second kappa shape index (κ2) is 13.2. The minimum atomic E-state index is 0.336. The third-order valence-corrected chi connectivity index (χ3v) is 8.64. The first-order chi connectivity index (χ1) is 18.2. The summed E-state index contributed by atoms with van der Waals surface area (Å²) in [5.41, 5.74) is 8.03. The quantitative estimate of drug-likeness (QED) is 0.351. The number of nitrogens with two attached hydrogens (primary N) is 1. The summed E-state index contributed by atoms with van der Waals surface area (Å²) in [6, 6.07) is 1.66. The van der Waals surface area contributed by atoms with Gasteiger partial charge in [0.15, 0.2) is 17.0 Å². The maximum atomic E-state index is 6.14. The van der Waals surface area contributed by atoms with Gasteiger partial charge in [0.05, 0.1) is 6.33 Å². The van der Waals surface area contributed by atoms with Gasteiger partial charge in [-0.3, -0.25) is 0 Å². The van der Waals surface area contributed by atoms with Gasteiger partial charge in [-0.25, -0.2) is 4.98 Å². The van der Waals surface area contributed by atoms with E-state index in [-0.39, 0.29) is 0 Å². The fourth-order valence-corrected chi connectivity index (χ4v) is 6.33. The SMILES string of the molecule is CCOCCCCCN1CCC(Nc2nc(NC3CCC(N)CC3)nc3c2ncn3C2CCCC2)CC1. The zero-order valence-corrected chi connectivity index (χ0v) is 22.8. The van der Waals surface area contributed by atoms with Crippen LogP contribution in [0.3, 0.4) is 0 Å². The van der Waals surface area contributed by atoms with Crippen molar-refractivity contribution in [3.63, 3.8) is 0 Å². The van der Waals surface area contributed by atoms with E-state index >= 15 is 0 Å². The molecular weight excluding hydrogens is 464 g/mol. The first kappa shape index (κ1) is 26.6. The minimum Gasteiger partial charge on any atom is -0.382 e. The van der Waals surface area contributed by atoms with Crippen molar-refractivity contribution in [3.05, 3.63) is 6.33 Å². The molecule has 0 aromatic carbocycles. The summed E-state index contributed by atoms with van der Waals surface area (Å²) in [7, 11) is 0. The number of fused-ring (bicyclic) bond motifs is 1. The molecule has 0 spiro atoms. The molecule has 9 heteroatoms. The molecule has 2 aliphatic carbocycles. The van der Waals surface area contributed by atoms with Crippen LogP contribution >= 0.6 is 0 Å². The molecule has 0 bridgehead atoms. The third kappa shape index (κ3) is 7.12. The Morgan fingerprint density at radius 3 is 2.43 bits per heavy atom. The second-order valence-corrected chi connectivity index (χ2v) is 11.4. The van der Waals surface area contributed by atoms with Crippen LogP contribution in [-0.2, 0) is 4.74 Å². The monoisotopic (exact) mass is 512 g/mol. The number of nitrogens with one attached hydrogen (secondary N) is 2. The van der Waals surface area contributed by atoms with E-state index in [0.717, 1.165) is 87.8 Å². The van der Waals surface area contributed by atoms with Gasteiger partial charge in [0, 0.05) is 50.5 Å².